The molecule has 0 spiro atoms. The smallest absolute Gasteiger partial charge is 0.286 e. The second-order valence-electron chi connectivity index (χ2n) is 2.65. The van der Waals surface area contributed by atoms with Gasteiger partial charge in [-0.3, -0.25) is 0 Å². The fraction of sp³-hybridized carbons (Fsp3) is 0.857. The number of rotatable bonds is 3. The van der Waals surface area contributed by atoms with E-state index in [1.54, 1.807) is 6.26 Å². The van der Waals surface area contributed by atoms with Crippen LogP contribution < -0.4 is 0 Å². The Morgan fingerprint density at radius 3 is 2.33 bits per heavy atom. The molecule has 0 aromatic rings. The third-order valence-corrected chi connectivity index (χ3v) is 1.06. The van der Waals surface area contributed by atoms with E-state index in [4.69, 9.17) is 5.26 Å². The van der Waals surface area contributed by atoms with Crippen LogP contribution in [0.25, 0.3) is 0 Å². The number of hydrogen-bond acceptors (Lipinski definition) is 2. The van der Waals surface area contributed by atoms with Crippen LogP contribution in [-0.4, -0.2) is 6.10 Å². The molecular weight excluding hydrogens is 114 g/mol. The summed E-state index contributed by atoms with van der Waals surface area (Å²) in [5, 5.41) is 8.08. The minimum Gasteiger partial charge on any atom is -0.424 e. The monoisotopic (exact) mass is 127 g/mol. The van der Waals surface area contributed by atoms with E-state index in [1.807, 2.05) is 6.92 Å². The van der Waals surface area contributed by atoms with Crippen molar-refractivity contribution >= 4 is 0 Å². The normalized spacial score (nSPS) is 12.8. The van der Waals surface area contributed by atoms with Crippen molar-refractivity contribution in [2.75, 3.05) is 0 Å². The molecule has 9 heavy (non-hydrogen) atoms. The maximum atomic E-state index is 8.08. The van der Waals surface area contributed by atoms with Crippen molar-refractivity contribution in [2.24, 2.45) is 5.92 Å². The first kappa shape index (κ1) is 8.29. The highest BCUT2D eigenvalue weighted by Gasteiger charge is 2.03. The first-order chi connectivity index (χ1) is 4.16. The quantitative estimate of drug-likeness (QED) is 0.542. The molecule has 0 fully saturated rings. The maximum absolute atomic E-state index is 8.08. The van der Waals surface area contributed by atoms with Gasteiger partial charge >= 0.3 is 0 Å². The van der Waals surface area contributed by atoms with E-state index >= 15 is 0 Å². The summed E-state index contributed by atoms with van der Waals surface area (Å²) in [6, 6.07) is 0. The highest BCUT2D eigenvalue weighted by molar-refractivity contribution is 4.59. The van der Waals surface area contributed by atoms with E-state index in [2.05, 4.69) is 18.6 Å². The van der Waals surface area contributed by atoms with E-state index in [9.17, 15) is 0 Å². The van der Waals surface area contributed by atoms with Gasteiger partial charge in [0.25, 0.3) is 6.26 Å². The summed E-state index contributed by atoms with van der Waals surface area (Å²) < 4.78 is 4.66. The standard InChI is InChI=1S/C7H13NO/c1-6(2)4-7(3)9-5-8/h6-7H,4H2,1-3H3. The third kappa shape index (κ3) is 5.16. The molecule has 0 saturated carbocycles. The molecule has 0 N–H and O–H groups in total. The molecule has 1 atom stereocenters. The molecule has 0 rings (SSSR count). The maximum Gasteiger partial charge on any atom is 0.286 e. The molecule has 52 valence electrons. The molecule has 0 aliphatic carbocycles. The molecule has 2 heteroatoms. The van der Waals surface area contributed by atoms with Crippen molar-refractivity contribution in [3.8, 4) is 6.26 Å². The van der Waals surface area contributed by atoms with Crippen LogP contribution in [0.1, 0.15) is 27.2 Å². The molecule has 0 aliphatic heterocycles. The first-order valence-corrected chi connectivity index (χ1v) is 3.21. The van der Waals surface area contributed by atoms with Gasteiger partial charge in [0.05, 0.1) is 0 Å². The fourth-order valence-electron chi connectivity index (χ4n) is 0.802. The predicted molar refractivity (Wildman–Crippen MR) is 35.6 cm³/mol. The van der Waals surface area contributed by atoms with E-state index in [-0.39, 0.29) is 6.10 Å². The molecule has 0 heterocycles. The number of ether oxygens (including phenoxy) is 1. The zero-order valence-electron chi connectivity index (χ0n) is 6.22. The zero-order chi connectivity index (χ0) is 7.28. The Balaban J connectivity index is 3.29. The van der Waals surface area contributed by atoms with Crippen LogP contribution in [0.15, 0.2) is 0 Å². The second-order valence-corrected chi connectivity index (χ2v) is 2.65. The van der Waals surface area contributed by atoms with Crippen LogP contribution in [0.3, 0.4) is 0 Å². The second kappa shape index (κ2) is 4.20. The SMILES string of the molecule is CC(C)CC(C)OC#N. The number of hydrogen-bond donors (Lipinski definition) is 0. The van der Waals surface area contributed by atoms with Gasteiger partial charge in [0.1, 0.15) is 6.10 Å². The van der Waals surface area contributed by atoms with Gasteiger partial charge in [-0.2, -0.15) is 5.26 Å². The van der Waals surface area contributed by atoms with Gasteiger partial charge in [-0.15, -0.1) is 0 Å². The highest BCUT2D eigenvalue weighted by Crippen LogP contribution is 2.05. The van der Waals surface area contributed by atoms with Gasteiger partial charge in [-0.05, 0) is 19.3 Å². The van der Waals surface area contributed by atoms with Gasteiger partial charge in [-0.25, -0.2) is 0 Å². The Morgan fingerprint density at radius 2 is 2.00 bits per heavy atom. The van der Waals surface area contributed by atoms with Crippen molar-refractivity contribution in [1.29, 1.82) is 5.26 Å². The number of nitriles is 1. The van der Waals surface area contributed by atoms with Crippen LogP contribution in [0.4, 0.5) is 0 Å². The average Bonchev–Trinajstić information content (AvgIpc) is 1.63. The van der Waals surface area contributed by atoms with Crippen LogP contribution in [0.5, 0.6) is 0 Å². The van der Waals surface area contributed by atoms with Crippen molar-refractivity contribution in [3.05, 3.63) is 0 Å². The number of nitrogens with zero attached hydrogens (tertiary/aromatic N) is 1. The average molecular weight is 127 g/mol. The van der Waals surface area contributed by atoms with E-state index in [0.29, 0.717) is 5.92 Å². The lowest BCUT2D eigenvalue weighted by atomic mass is 10.1. The summed E-state index contributed by atoms with van der Waals surface area (Å²) in [7, 11) is 0. The summed E-state index contributed by atoms with van der Waals surface area (Å²) in [5.74, 6) is 0.605. The molecule has 0 aliphatic rings. The highest BCUT2D eigenvalue weighted by atomic mass is 16.5. The van der Waals surface area contributed by atoms with Crippen LogP contribution in [0, 0.1) is 17.4 Å². The van der Waals surface area contributed by atoms with Gasteiger partial charge < -0.3 is 4.74 Å². The molecule has 0 saturated heterocycles. The van der Waals surface area contributed by atoms with Crippen molar-refractivity contribution < 1.29 is 4.74 Å². The molecular formula is C7H13NO. The summed E-state index contributed by atoms with van der Waals surface area (Å²) in [5.41, 5.74) is 0. The zero-order valence-corrected chi connectivity index (χ0v) is 6.22. The predicted octanol–water partition coefficient (Wildman–Crippen LogP) is 1.92. The summed E-state index contributed by atoms with van der Waals surface area (Å²) in [6.07, 6.45) is 2.70. The Labute approximate surface area is 56.4 Å². The minimum atomic E-state index is 0.0787. The fourth-order valence-corrected chi connectivity index (χ4v) is 0.802. The Bertz CT molecular complexity index is 104. The topological polar surface area (TPSA) is 33.0 Å². The summed E-state index contributed by atoms with van der Waals surface area (Å²) >= 11 is 0. The van der Waals surface area contributed by atoms with E-state index in [0.717, 1.165) is 6.42 Å². The summed E-state index contributed by atoms with van der Waals surface area (Å²) in [4.78, 5) is 0. The Hall–Kier alpha value is -0.710. The molecule has 0 radical (unpaired) electrons. The Kier molecular flexibility index (Phi) is 3.87. The molecule has 0 amide bonds. The molecule has 2 nitrogen and oxygen atoms in total. The lowest BCUT2D eigenvalue weighted by Crippen LogP contribution is -2.07. The van der Waals surface area contributed by atoms with Crippen LogP contribution >= 0.6 is 0 Å². The first-order valence-electron chi connectivity index (χ1n) is 3.21. The van der Waals surface area contributed by atoms with Gasteiger partial charge in [0, 0.05) is 0 Å². The van der Waals surface area contributed by atoms with E-state index in [1.165, 1.54) is 0 Å². The molecule has 0 bridgehead atoms. The third-order valence-electron chi connectivity index (χ3n) is 1.06. The Morgan fingerprint density at radius 1 is 1.44 bits per heavy atom. The van der Waals surface area contributed by atoms with Crippen molar-refractivity contribution in [2.45, 2.75) is 33.3 Å². The van der Waals surface area contributed by atoms with Crippen molar-refractivity contribution in [3.63, 3.8) is 0 Å². The molecule has 0 aromatic carbocycles. The van der Waals surface area contributed by atoms with Gasteiger partial charge in [0.15, 0.2) is 0 Å². The van der Waals surface area contributed by atoms with Gasteiger partial charge in [0.2, 0.25) is 0 Å². The van der Waals surface area contributed by atoms with Crippen LogP contribution in [-0.2, 0) is 4.74 Å². The van der Waals surface area contributed by atoms with E-state index < -0.39 is 0 Å². The van der Waals surface area contributed by atoms with Crippen LogP contribution in [0.2, 0.25) is 0 Å². The lowest BCUT2D eigenvalue weighted by molar-refractivity contribution is 0.155. The molecule has 1 unspecified atom stereocenters. The lowest BCUT2D eigenvalue weighted by Gasteiger charge is -2.09. The minimum absolute atomic E-state index is 0.0787. The van der Waals surface area contributed by atoms with Crippen molar-refractivity contribution in [1.82, 2.24) is 0 Å². The largest absolute Gasteiger partial charge is 0.424 e. The molecule has 0 aromatic heterocycles. The van der Waals surface area contributed by atoms with Gasteiger partial charge in [-0.1, -0.05) is 13.8 Å². The summed E-state index contributed by atoms with van der Waals surface area (Å²) in [6.45, 7) is 6.12.